The van der Waals surface area contributed by atoms with E-state index in [1.54, 1.807) is 37.3 Å². The van der Waals surface area contributed by atoms with Gasteiger partial charge in [0.25, 0.3) is 0 Å². The molecule has 0 saturated heterocycles. The van der Waals surface area contributed by atoms with E-state index in [1.165, 1.54) is 4.68 Å². The number of hydrogen-bond acceptors (Lipinski definition) is 4. The lowest BCUT2D eigenvalue weighted by atomic mass is 10.0. The molecule has 0 unspecified atom stereocenters. The van der Waals surface area contributed by atoms with Crippen molar-refractivity contribution in [3.05, 3.63) is 77.2 Å². The van der Waals surface area contributed by atoms with Crippen molar-refractivity contribution in [3.8, 4) is 22.9 Å². The Labute approximate surface area is 182 Å². The minimum atomic E-state index is -5.01. The summed E-state index contributed by atoms with van der Waals surface area (Å²) in [7, 11) is 0. The molecule has 0 saturated carbocycles. The fourth-order valence-electron chi connectivity index (χ4n) is 3.22. The second kappa shape index (κ2) is 7.87. The molecule has 2 aromatic heterocycles. The van der Waals surface area contributed by atoms with E-state index in [0.29, 0.717) is 29.8 Å². The van der Waals surface area contributed by atoms with Gasteiger partial charge in [-0.3, -0.25) is 4.79 Å². The van der Waals surface area contributed by atoms with Crippen LogP contribution in [0.3, 0.4) is 0 Å². The number of aromatic nitrogens is 5. The Morgan fingerprint density at radius 1 is 0.879 bits per heavy atom. The van der Waals surface area contributed by atoms with Crippen molar-refractivity contribution in [2.24, 2.45) is 0 Å². The van der Waals surface area contributed by atoms with Gasteiger partial charge in [-0.15, -0.1) is 5.10 Å². The molecule has 2 aromatic carbocycles. The number of benzene rings is 2. The molecule has 170 valence electrons. The normalized spacial score (nSPS) is 12.2. The first-order valence-electron chi connectivity index (χ1n) is 9.31. The van der Waals surface area contributed by atoms with Crippen molar-refractivity contribution in [1.82, 2.24) is 24.5 Å². The van der Waals surface area contributed by atoms with Crippen LogP contribution >= 0.6 is 0 Å². The van der Waals surface area contributed by atoms with E-state index in [2.05, 4.69) is 15.2 Å². The summed E-state index contributed by atoms with van der Waals surface area (Å²) < 4.78 is 81.7. The number of alkyl halides is 6. The molecular formula is C21H13F6N5O. The van der Waals surface area contributed by atoms with Gasteiger partial charge in [0.1, 0.15) is 6.33 Å². The summed E-state index contributed by atoms with van der Waals surface area (Å²) in [6.07, 6.45) is -8.39. The molecule has 0 aliphatic heterocycles. The number of carbonyl (C=O) groups excluding carboxylic acids is 1. The quantitative estimate of drug-likeness (QED) is 0.304. The van der Waals surface area contributed by atoms with Crippen molar-refractivity contribution in [2.75, 3.05) is 0 Å². The van der Waals surface area contributed by atoms with Crippen molar-refractivity contribution in [1.29, 1.82) is 0 Å². The van der Waals surface area contributed by atoms with Crippen LogP contribution in [-0.4, -0.2) is 30.8 Å². The maximum Gasteiger partial charge on any atom is 0.416 e. The minimum absolute atomic E-state index is 0.0266. The number of hydrogen-bond donors (Lipinski definition) is 0. The summed E-state index contributed by atoms with van der Waals surface area (Å²) in [5.41, 5.74) is -2.41. The molecule has 33 heavy (non-hydrogen) atoms. The zero-order chi connectivity index (χ0) is 24.0. The zero-order valence-electron chi connectivity index (χ0n) is 16.7. The van der Waals surface area contributed by atoms with Gasteiger partial charge in [0.05, 0.1) is 28.1 Å². The Morgan fingerprint density at radius 2 is 1.48 bits per heavy atom. The number of para-hydroxylation sites is 1. The Morgan fingerprint density at radius 3 is 2.03 bits per heavy atom. The number of aryl methyl sites for hydroxylation is 1. The van der Waals surface area contributed by atoms with Crippen LogP contribution in [0.4, 0.5) is 26.3 Å². The average Bonchev–Trinajstić information content (AvgIpc) is 3.37. The molecule has 0 fully saturated rings. The molecule has 2 heterocycles. The molecule has 6 nitrogen and oxygen atoms in total. The highest BCUT2D eigenvalue weighted by molar-refractivity contribution is 5.82. The summed E-state index contributed by atoms with van der Waals surface area (Å²) in [6.45, 7) is 1.58. The van der Waals surface area contributed by atoms with Crippen LogP contribution in [0.5, 0.6) is 0 Å². The van der Waals surface area contributed by atoms with Crippen LogP contribution in [0, 0.1) is 6.92 Å². The number of rotatable bonds is 4. The van der Waals surface area contributed by atoms with E-state index < -0.39 is 29.0 Å². The van der Waals surface area contributed by atoms with E-state index >= 15 is 0 Å². The predicted molar refractivity (Wildman–Crippen MR) is 104 cm³/mol. The summed E-state index contributed by atoms with van der Waals surface area (Å²) >= 11 is 0. The first-order chi connectivity index (χ1) is 15.5. The average molecular weight is 465 g/mol. The fourth-order valence-corrected chi connectivity index (χ4v) is 3.22. The van der Waals surface area contributed by atoms with Gasteiger partial charge < -0.3 is 0 Å². The molecule has 0 amide bonds. The van der Waals surface area contributed by atoms with Crippen LogP contribution in [0.1, 0.15) is 27.2 Å². The van der Waals surface area contributed by atoms with Crippen LogP contribution in [-0.2, 0) is 12.4 Å². The van der Waals surface area contributed by atoms with Gasteiger partial charge in [-0.1, -0.05) is 18.2 Å². The highest BCUT2D eigenvalue weighted by Crippen LogP contribution is 2.38. The Kier molecular flexibility index (Phi) is 5.30. The van der Waals surface area contributed by atoms with E-state index in [-0.39, 0.29) is 23.3 Å². The smallest absolute Gasteiger partial charge is 0.298 e. The maximum atomic E-state index is 13.2. The van der Waals surface area contributed by atoms with E-state index in [1.807, 2.05) is 0 Å². The summed E-state index contributed by atoms with van der Waals surface area (Å²) in [5, 5.41) is 8.36. The highest BCUT2D eigenvalue weighted by atomic mass is 19.4. The topological polar surface area (TPSA) is 65.6 Å². The molecule has 0 radical (unpaired) electrons. The van der Waals surface area contributed by atoms with Crippen LogP contribution in [0.25, 0.3) is 22.9 Å². The number of nitrogens with zero attached hydrogens (tertiary/aromatic N) is 5. The predicted octanol–water partition coefficient (Wildman–Crippen LogP) is 5.28. The minimum Gasteiger partial charge on any atom is -0.298 e. The van der Waals surface area contributed by atoms with Crippen LogP contribution in [0.2, 0.25) is 0 Å². The lowest BCUT2D eigenvalue weighted by Gasteiger charge is -2.13. The lowest BCUT2D eigenvalue weighted by Crippen LogP contribution is -2.11. The van der Waals surface area contributed by atoms with Crippen molar-refractivity contribution in [2.45, 2.75) is 19.3 Å². The molecule has 0 aliphatic carbocycles. The fraction of sp³-hybridized carbons (Fsp3) is 0.143. The number of aldehydes is 1. The SMILES string of the molecule is Cc1nn(-c2ccccc2)c(-n2cnc(-c3cc(C(F)(F)F)cc(C(F)(F)F)c3)n2)c1C=O. The molecule has 12 heteroatoms. The summed E-state index contributed by atoms with van der Waals surface area (Å²) in [6, 6.07) is 9.72. The van der Waals surface area contributed by atoms with Gasteiger partial charge in [-0.05, 0) is 37.3 Å². The third kappa shape index (κ3) is 4.23. The summed E-state index contributed by atoms with van der Waals surface area (Å²) in [5.74, 6) is -0.252. The Bertz CT molecular complexity index is 1290. The first kappa shape index (κ1) is 22.2. The number of halogens is 6. The van der Waals surface area contributed by atoms with Gasteiger partial charge in [0.2, 0.25) is 0 Å². The van der Waals surface area contributed by atoms with Crippen LogP contribution < -0.4 is 0 Å². The third-order valence-electron chi connectivity index (χ3n) is 4.75. The van der Waals surface area contributed by atoms with Gasteiger partial charge >= 0.3 is 12.4 Å². The van der Waals surface area contributed by atoms with E-state index in [4.69, 9.17) is 0 Å². The Balaban J connectivity index is 1.88. The first-order valence-corrected chi connectivity index (χ1v) is 9.31. The molecule has 4 rings (SSSR count). The van der Waals surface area contributed by atoms with E-state index in [9.17, 15) is 31.1 Å². The molecule has 0 atom stereocenters. The largest absolute Gasteiger partial charge is 0.416 e. The Hall–Kier alpha value is -3.96. The monoisotopic (exact) mass is 465 g/mol. The second-order valence-electron chi connectivity index (χ2n) is 7.00. The number of carbonyl (C=O) groups is 1. The molecule has 0 spiro atoms. The van der Waals surface area contributed by atoms with Gasteiger partial charge in [-0.25, -0.2) is 14.3 Å². The molecule has 0 N–H and O–H groups in total. The van der Waals surface area contributed by atoms with Crippen molar-refractivity contribution in [3.63, 3.8) is 0 Å². The standard InChI is InChI=1S/C21H13F6N5O/c1-12-17(10-33)19(32(29-12)16-5-3-2-4-6-16)31-11-28-18(30-31)13-7-14(20(22,23)24)9-15(8-13)21(25,26)27/h2-11H,1H3. The van der Waals surface area contributed by atoms with Crippen LogP contribution in [0.15, 0.2) is 54.9 Å². The van der Waals surface area contributed by atoms with Gasteiger partial charge in [0.15, 0.2) is 17.9 Å². The molecular weight excluding hydrogens is 452 g/mol. The molecule has 0 bridgehead atoms. The lowest BCUT2D eigenvalue weighted by molar-refractivity contribution is -0.143. The van der Waals surface area contributed by atoms with Crippen molar-refractivity contribution >= 4 is 6.29 Å². The third-order valence-corrected chi connectivity index (χ3v) is 4.75. The second-order valence-corrected chi connectivity index (χ2v) is 7.00. The molecule has 4 aromatic rings. The zero-order valence-corrected chi connectivity index (χ0v) is 16.7. The van der Waals surface area contributed by atoms with Gasteiger partial charge in [0, 0.05) is 5.56 Å². The summed E-state index contributed by atoms with van der Waals surface area (Å²) in [4.78, 5) is 15.6. The van der Waals surface area contributed by atoms with Gasteiger partial charge in [-0.2, -0.15) is 31.4 Å². The highest BCUT2D eigenvalue weighted by Gasteiger charge is 2.37. The molecule has 0 aliphatic rings. The van der Waals surface area contributed by atoms with Crippen molar-refractivity contribution < 1.29 is 31.1 Å². The van der Waals surface area contributed by atoms with E-state index in [0.717, 1.165) is 11.0 Å². The maximum absolute atomic E-state index is 13.2.